The van der Waals surface area contributed by atoms with E-state index >= 15 is 0 Å². The molecule has 5 nitrogen and oxygen atoms in total. The molecular formula is C10H16F2N4O. The Hall–Kier alpha value is -1.27. The van der Waals surface area contributed by atoms with E-state index in [2.05, 4.69) is 10.4 Å². The molecule has 2 rings (SSSR count). The molecule has 1 atom stereocenters. The number of nitrogens with zero attached hydrogens (tertiary/aromatic N) is 4. The minimum absolute atomic E-state index is 0.0359. The number of aryl methyl sites for hydroxylation is 1. The third kappa shape index (κ3) is 2.37. The largest absolute Gasteiger partial charge is 0.363 e. The van der Waals surface area contributed by atoms with Crippen LogP contribution in [0.25, 0.3) is 0 Å². The van der Waals surface area contributed by atoms with Crippen LogP contribution in [0.1, 0.15) is 32.6 Å². The van der Waals surface area contributed by atoms with Gasteiger partial charge in [0.25, 0.3) is 5.92 Å². The number of halogens is 2. The molecule has 1 aromatic heterocycles. The first-order valence-corrected chi connectivity index (χ1v) is 5.93. The number of hydrogen-bond donors (Lipinski definition) is 0. The smallest absolute Gasteiger partial charge is 0.244 e. The predicted octanol–water partition coefficient (Wildman–Crippen LogP) is 1.29. The first-order chi connectivity index (χ1) is 8.04. The number of tetrazole rings is 1. The second-order valence-electron chi connectivity index (χ2n) is 4.46. The highest BCUT2D eigenvalue weighted by molar-refractivity contribution is 4.81. The van der Waals surface area contributed by atoms with Crippen LogP contribution in [0.15, 0.2) is 4.79 Å². The average molecular weight is 246 g/mol. The maximum Gasteiger partial charge on any atom is 0.363 e. The number of aromatic nitrogens is 4. The summed E-state index contributed by atoms with van der Waals surface area (Å²) in [7, 11) is 0. The highest BCUT2D eigenvalue weighted by Crippen LogP contribution is 2.38. The summed E-state index contributed by atoms with van der Waals surface area (Å²) in [5, 5.41) is 7.25. The zero-order valence-corrected chi connectivity index (χ0v) is 9.77. The monoisotopic (exact) mass is 246 g/mol. The normalized spacial score (nSPS) is 23.8. The Morgan fingerprint density at radius 3 is 2.65 bits per heavy atom. The fraction of sp³-hybridized carbons (Fsp3) is 0.900. The predicted molar refractivity (Wildman–Crippen MR) is 56.9 cm³/mol. The lowest BCUT2D eigenvalue weighted by Gasteiger charge is -2.30. The van der Waals surface area contributed by atoms with Crippen molar-refractivity contribution in [1.29, 1.82) is 0 Å². The van der Waals surface area contributed by atoms with E-state index in [0.717, 1.165) is 11.1 Å². The molecule has 1 unspecified atom stereocenters. The zero-order chi connectivity index (χ0) is 12.5. The fourth-order valence-electron chi connectivity index (χ4n) is 2.22. The van der Waals surface area contributed by atoms with Crippen molar-refractivity contribution in [3.63, 3.8) is 0 Å². The van der Waals surface area contributed by atoms with Gasteiger partial charge in [0.05, 0.1) is 6.54 Å². The van der Waals surface area contributed by atoms with Gasteiger partial charge in [0.2, 0.25) is 0 Å². The van der Waals surface area contributed by atoms with Gasteiger partial charge in [0.1, 0.15) is 0 Å². The van der Waals surface area contributed by atoms with Crippen LogP contribution < -0.4 is 5.69 Å². The van der Waals surface area contributed by atoms with Crippen molar-refractivity contribution < 1.29 is 8.78 Å². The summed E-state index contributed by atoms with van der Waals surface area (Å²) in [6.07, 6.45) is 1.70. The van der Waals surface area contributed by atoms with Crippen LogP contribution in [-0.2, 0) is 13.1 Å². The van der Waals surface area contributed by atoms with Gasteiger partial charge in [-0.15, -0.1) is 0 Å². The Morgan fingerprint density at radius 2 is 2.06 bits per heavy atom. The molecule has 0 spiro atoms. The summed E-state index contributed by atoms with van der Waals surface area (Å²) in [6.45, 7) is 2.13. The molecule has 0 amide bonds. The molecule has 0 aliphatic heterocycles. The summed E-state index contributed by atoms with van der Waals surface area (Å²) in [4.78, 5) is 11.6. The Morgan fingerprint density at radius 1 is 1.35 bits per heavy atom. The second-order valence-corrected chi connectivity index (χ2v) is 4.46. The minimum atomic E-state index is -2.69. The topological polar surface area (TPSA) is 52.7 Å². The van der Waals surface area contributed by atoms with E-state index in [9.17, 15) is 13.6 Å². The van der Waals surface area contributed by atoms with Gasteiger partial charge in [-0.05, 0) is 30.2 Å². The summed E-state index contributed by atoms with van der Waals surface area (Å²) in [5.74, 6) is -3.48. The molecule has 7 heteroatoms. The van der Waals surface area contributed by atoms with Crippen LogP contribution in [0.4, 0.5) is 8.78 Å². The van der Waals surface area contributed by atoms with Crippen molar-refractivity contribution in [3.05, 3.63) is 10.5 Å². The standard InChI is InChI=1S/C10H16F2N4O/c1-2-15-9(17)16(14-13-15)7-8-5-3-4-6-10(8,11)12/h8H,2-7H2,1H3. The fourth-order valence-corrected chi connectivity index (χ4v) is 2.22. The van der Waals surface area contributed by atoms with Crippen molar-refractivity contribution in [3.8, 4) is 0 Å². The van der Waals surface area contributed by atoms with Gasteiger partial charge in [-0.25, -0.2) is 13.6 Å². The average Bonchev–Trinajstić information content (AvgIpc) is 2.63. The lowest BCUT2D eigenvalue weighted by molar-refractivity contribution is -0.0923. The van der Waals surface area contributed by atoms with Crippen LogP contribution in [0, 0.1) is 5.92 Å². The Labute approximate surface area is 97.4 Å². The summed E-state index contributed by atoms with van der Waals surface area (Å²) in [6, 6.07) is 0. The quantitative estimate of drug-likeness (QED) is 0.807. The van der Waals surface area contributed by atoms with E-state index in [1.165, 1.54) is 4.68 Å². The van der Waals surface area contributed by atoms with E-state index in [1.807, 2.05) is 0 Å². The van der Waals surface area contributed by atoms with Gasteiger partial charge in [-0.3, -0.25) is 0 Å². The van der Waals surface area contributed by atoms with Crippen LogP contribution in [0.5, 0.6) is 0 Å². The molecule has 96 valence electrons. The number of hydrogen-bond acceptors (Lipinski definition) is 3. The van der Waals surface area contributed by atoms with Crippen LogP contribution >= 0.6 is 0 Å². The zero-order valence-electron chi connectivity index (χ0n) is 9.77. The molecule has 1 heterocycles. The molecule has 0 saturated heterocycles. The molecule has 1 aliphatic carbocycles. The number of rotatable bonds is 3. The van der Waals surface area contributed by atoms with Crippen LogP contribution in [0.3, 0.4) is 0 Å². The van der Waals surface area contributed by atoms with Crippen LogP contribution in [0.2, 0.25) is 0 Å². The van der Waals surface area contributed by atoms with E-state index in [1.54, 1.807) is 6.92 Å². The molecular weight excluding hydrogens is 230 g/mol. The van der Waals surface area contributed by atoms with Crippen molar-refractivity contribution in [2.24, 2.45) is 5.92 Å². The Balaban J connectivity index is 2.14. The third-order valence-corrected chi connectivity index (χ3v) is 3.30. The van der Waals surface area contributed by atoms with Crippen molar-refractivity contribution in [2.75, 3.05) is 0 Å². The first-order valence-electron chi connectivity index (χ1n) is 5.93. The van der Waals surface area contributed by atoms with Gasteiger partial charge < -0.3 is 0 Å². The van der Waals surface area contributed by atoms with Gasteiger partial charge >= 0.3 is 5.69 Å². The molecule has 0 radical (unpaired) electrons. The molecule has 0 bridgehead atoms. The van der Waals surface area contributed by atoms with Gasteiger partial charge in [-0.2, -0.15) is 9.36 Å². The summed E-state index contributed by atoms with van der Waals surface area (Å²) < 4.78 is 29.4. The van der Waals surface area contributed by atoms with E-state index in [4.69, 9.17) is 0 Å². The van der Waals surface area contributed by atoms with E-state index in [0.29, 0.717) is 19.4 Å². The summed E-state index contributed by atoms with van der Waals surface area (Å²) in [5.41, 5.74) is -0.408. The summed E-state index contributed by atoms with van der Waals surface area (Å²) >= 11 is 0. The van der Waals surface area contributed by atoms with E-state index in [-0.39, 0.29) is 13.0 Å². The van der Waals surface area contributed by atoms with Crippen molar-refractivity contribution >= 4 is 0 Å². The Kier molecular flexibility index (Phi) is 3.26. The van der Waals surface area contributed by atoms with Crippen molar-refractivity contribution in [2.45, 2.75) is 51.6 Å². The molecule has 0 aromatic carbocycles. The maximum atomic E-state index is 13.6. The molecule has 1 aliphatic rings. The minimum Gasteiger partial charge on any atom is -0.244 e. The van der Waals surface area contributed by atoms with Crippen LogP contribution in [-0.4, -0.2) is 25.7 Å². The highest BCUT2D eigenvalue weighted by atomic mass is 19.3. The highest BCUT2D eigenvalue weighted by Gasteiger charge is 2.41. The SMILES string of the molecule is CCn1nnn(CC2CCCCC2(F)F)c1=O. The van der Waals surface area contributed by atoms with Gasteiger partial charge in [-0.1, -0.05) is 6.42 Å². The Bertz CT molecular complexity index is 440. The maximum absolute atomic E-state index is 13.6. The first kappa shape index (κ1) is 12.2. The lowest BCUT2D eigenvalue weighted by atomic mass is 9.85. The third-order valence-electron chi connectivity index (χ3n) is 3.30. The second kappa shape index (κ2) is 4.54. The molecule has 1 saturated carbocycles. The van der Waals surface area contributed by atoms with Gasteiger partial charge in [0, 0.05) is 18.9 Å². The van der Waals surface area contributed by atoms with E-state index < -0.39 is 17.5 Å². The molecule has 17 heavy (non-hydrogen) atoms. The molecule has 0 N–H and O–H groups in total. The molecule has 1 aromatic rings. The molecule has 1 fully saturated rings. The number of alkyl halides is 2. The van der Waals surface area contributed by atoms with Gasteiger partial charge in [0.15, 0.2) is 0 Å². The lowest BCUT2D eigenvalue weighted by Crippen LogP contribution is -2.37. The van der Waals surface area contributed by atoms with Crippen molar-refractivity contribution in [1.82, 2.24) is 19.8 Å².